The highest BCUT2D eigenvalue weighted by atomic mass is 35.5. The fourth-order valence-corrected chi connectivity index (χ4v) is 0.960. The summed E-state index contributed by atoms with van der Waals surface area (Å²) in [5, 5.41) is 11.2. The predicted octanol–water partition coefficient (Wildman–Crippen LogP) is 1.90. The number of rotatable bonds is 1. The standard InChI is InChI=1S/C8H8ClNO/c1-10(11)6-7-4-2-3-5-8(7)9/h2-6H,1H3/b10-6+. The third-order valence-electron chi connectivity index (χ3n) is 1.23. The van der Waals surface area contributed by atoms with Crippen molar-refractivity contribution in [3.63, 3.8) is 0 Å². The van der Waals surface area contributed by atoms with E-state index in [-0.39, 0.29) is 0 Å². The number of nitrogens with zero attached hydrogens (tertiary/aromatic N) is 1. The molecule has 11 heavy (non-hydrogen) atoms. The van der Waals surface area contributed by atoms with Gasteiger partial charge < -0.3 is 5.21 Å². The quantitative estimate of drug-likeness (QED) is 0.273. The molecule has 3 heteroatoms. The molecule has 0 amide bonds. The molecular weight excluding hydrogens is 162 g/mol. The van der Waals surface area contributed by atoms with Gasteiger partial charge in [-0.2, -0.15) is 0 Å². The molecule has 0 fully saturated rings. The lowest BCUT2D eigenvalue weighted by Gasteiger charge is -1.96. The van der Waals surface area contributed by atoms with Gasteiger partial charge in [0, 0.05) is 0 Å². The molecule has 0 unspecified atom stereocenters. The van der Waals surface area contributed by atoms with E-state index in [9.17, 15) is 5.21 Å². The zero-order chi connectivity index (χ0) is 8.27. The molecule has 1 aromatic carbocycles. The molecule has 0 atom stereocenters. The summed E-state index contributed by atoms with van der Waals surface area (Å²) in [5.41, 5.74) is 0.742. The largest absolute Gasteiger partial charge is 0.624 e. The van der Waals surface area contributed by atoms with E-state index in [1.165, 1.54) is 13.3 Å². The fraction of sp³-hybridized carbons (Fsp3) is 0.125. The Morgan fingerprint density at radius 3 is 2.64 bits per heavy atom. The third-order valence-corrected chi connectivity index (χ3v) is 1.57. The summed E-state index contributed by atoms with van der Waals surface area (Å²) in [6, 6.07) is 7.19. The van der Waals surface area contributed by atoms with Crippen LogP contribution < -0.4 is 0 Å². The summed E-state index contributed by atoms with van der Waals surface area (Å²) in [6.07, 6.45) is 1.43. The normalized spacial score (nSPS) is 11.6. The average molecular weight is 170 g/mol. The molecule has 0 aliphatic carbocycles. The van der Waals surface area contributed by atoms with Crippen LogP contribution in [0.4, 0.5) is 0 Å². The minimum Gasteiger partial charge on any atom is -0.624 e. The van der Waals surface area contributed by atoms with Gasteiger partial charge in [-0.05, 0) is 12.1 Å². The molecule has 58 valence electrons. The van der Waals surface area contributed by atoms with Crippen molar-refractivity contribution >= 4 is 17.8 Å². The van der Waals surface area contributed by atoms with Crippen LogP contribution >= 0.6 is 11.6 Å². The highest BCUT2D eigenvalue weighted by molar-refractivity contribution is 6.32. The molecule has 0 bridgehead atoms. The van der Waals surface area contributed by atoms with Crippen molar-refractivity contribution in [1.29, 1.82) is 0 Å². The molecule has 0 aliphatic heterocycles. The van der Waals surface area contributed by atoms with Crippen LogP contribution in [-0.4, -0.2) is 18.0 Å². The first-order valence-electron chi connectivity index (χ1n) is 3.19. The second kappa shape index (κ2) is 3.39. The summed E-state index contributed by atoms with van der Waals surface area (Å²) < 4.78 is 0.723. The molecule has 2 nitrogen and oxygen atoms in total. The molecule has 1 rings (SSSR count). The third kappa shape index (κ3) is 2.24. The van der Waals surface area contributed by atoms with E-state index >= 15 is 0 Å². The first-order chi connectivity index (χ1) is 5.20. The van der Waals surface area contributed by atoms with E-state index in [0.29, 0.717) is 5.02 Å². The SMILES string of the molecule is C/[N+]([O-])=C\c1ccccc1Cl. The Balaban J connectivity index is 3.04. The van der Waals surface area contributed by atoms with E-state index in [1.54, 1.807) is 12.1 Å². The maximum absolute atomic E-state index is 10.6. The molecule has 0 aromatic heterocycles. The van der Waals surface area contributed by atoms with Crippen molar-refractivity contribution in [2.45, 2.75) is 0 Å². The summed E-state index contributed by atoms with van der Waals surface area (Å²) in [5.74, 6) is 0. The van der Waals surface area contributed by atoms with Crippen molar-refractivity contribution in [3.8, 4) is 0 Å². The summed E-state index contributed by atoms with van der Waals surface area (Å²) in [6.45, 7) is 0. The maximum Gasteiger partial charge on any atom is 0.183 e. The van der Waals surface area contributed by atoms with Gasteiger partial charge in [-0.25, -0.2) is 4.74 Å². The first-order valence-corrected chi connectivity index (χ1v) is 3.57. The van der Waals surface area contributed by atoms with Gasteiger partial charge in [-0.3, -0.25) is 0 Å². The monoisotopic (exact) mass is 169 g/mol. The summed E-state index contributed by atoms with van der Waals surface area (Å²) in [4.78, 5) is 0. The highest BCUT2D eigenvalue weighted by Crippen LogP contribution is 2.11. The molecular formula is C8H8ClNO. The minimum atomic E-state index is 0.593. The molecule has 1 aromatic rings. The molecule has 0 spiro atoms. The molecule has 0 aliphatic rings. The van der Waals surface area contributed by atoms with Crippen molar-refractivity contribution < 1.29 is 4.74 Å². The molecule has 0 saturated heterocycles. The van der Waals surface area contributed by atoms with Crippen molar-refractivity contribution in [1.82, 2.24) is 0 Å². The maximum atomic E-state index is 10.6. The van der Waals surface area contributed by atoms with Crippen molar-refractivity contribution in [2.24, 2.45) is 0 Å². The zero-order valence-electron chi connectivity index (χ0n) is 6.12. The van der Waals surface area contributed by atoms with E-state index < -0.39 is 0 Å². The second-order valence-electron chi connectivity index (χ2n) is 2.20. The van der Waals surface area contributed by atoms with E-state index in [2.05, 4.69) is 0 Å². The fourth-order valence-electron chi connectivity index (χ4n) is 0.776. The van der Waals surface area contributed by atoms with Gasteiger partial charge in [0.05, 0.1) is 10.6 Å². The smallest absolute Gasteiger partial charge is 0.183 e. The molecule has 0 heterocycles. The number of hydrogen-bond acceptors (Lipinski definition) is 1. The van der Waals surface area contributed by atoms with E-state index in [0.717, 1.165) is 10.3 Å². The summed E-state index contributed by atoms with van der Waals surface area (Å²) >= 11 is 5.77. The van der Waals surface area contributed by atoms with Gasteiger partial charge in [-0.1, -0.05) is 23.7 Å². The Morgan fingerprint density at radius 1 is 1.45 bits per heavy atom. The van der Waals surface area contributed by atoms with Crippen LogP contribution in [0.15, 0.2) is 24.3 Å². The average Bonchev–Trinajstić information content (AvgIpc) is 1.93. The van der Waals surface area contributed by atoms with Crippen LogP contribution in [-0.2, 0) is 0 Å². The van der Waals surface area contributed by atoms with Gasteiger partial charge in [-0.15, -0.1) is 0 Å². The second-order valence-corrected chi connectivity index (χ2v) is 2.60. The lowest BCUT2D eigenvalue weighted by Crippen LogP contribution is -1.97. The van der Waals surface area contributed by atoms with Crippen LogP contribution in [0.5, 0.6) is 0 Å². The molecule has 0 N–H and O–H groups in total. The Kier molecular flexibility index (Phi) is 2.49. The number of hydroxylamine groups is 1. The molecule has 0 radical (unpaired) electrons. The van der Waals surface area contributed by atoms with Crippen LogP contribution in [0.1, 0.15) is 5.56 Å². The van der Waals surface area contributed by atoms with Crippen LogP contribution in [0.25, 0.3) is 0 Å². The zero-order valence-corrected chi connectivity index (χ0v) is 6.88. The van der Waals surface area contributed by atoms with Crippen molar-refractivity contribution in [2.75, 3.05) is 7.05 Å². The topological polar surface area (TPSA) is 26.1 Å². The van der Waals surface area contributed by atoms with Crippen LogP contribution in [0.3, 0.4) is 0 Å². The number of halogens is 1. The Morgan fingerprint density at radius 2 is 2.09 bits per heavy atom. The van der Waals surface area contributed by atoms with E-state index in [1.807, 2.05) is 12.1 Å². The lowest BCUT2D eigenvalue weighted by molar-refractivity contribution is -0.416. The van der Waals surface area contributed by atoms with Gasteiger partial charge in [0.1, 0.15) is 7.05 Å². The van der Waals surface area contributed by atoms with Gasteiger partial charge in [0.2, 0.25) is 0 Å². The van der Waals surface area contributed by atoms with Gasteiger partial charge in [0.25, 0.3) is 0 Å². The minimum absolute atomic E-state index is 0.593. The lowest BCUT2D eigenvalue weighted by atomic mass is 10.2. The number of benzene rings is 1. The first kappa shape index (κ1) is 8.08. The van der Waals surface area contributed by atoms with Crippen LogP contribution in [0.2, 0.25) is 5.02 Å². The van der Waals surface area contributed by atoms with Gasteiger partial charge in [0.15, 0.2) is 6.21 Å². The Labute approximate surface area is 70.3 Å². The van der Waals surface area contributed by atoms with Crippen LogP contribution in [0, 0.1) is 5.21 Å². The molecule has 0 saturated carbocycles. The van der Waals surface area contributed by atoms with Gasteiger partial charge >= 0.3 is 0 Å². The Bertz CT molecular complexity index is 279. The highest BCUT2D eigenvalue weighted by Gasteiger charge is 1.96. The van der Waals surface area contributed by atoms with E-state index in [4.69, 9.17) is 11.6 Å². The predicted molar refractivity (Wildman–Crippen MR) is 46.2 cm³/mol. The summed E-state index contributed by atoms with van der Waals surface area (Å²) in [7, 11) is 1.42. The number of hydrogen-bond donors (Lipinski definition) is 0. The van der Waals surface area contributed by atoms with Crippen molar-refractivity contribution in [3.05, 3.63) is 40.1 Å². The Hall–Kier alpha value is -1.02.